The number of fused-ring (bicyclic) bond motifs is 1. The van der Waals surface area contributed by atoms with Gasteiger partial charge in [0, 0.05) is 20.5 Å². The molecule has 0 spiro atoms. The molecule has 0 saturated carbocycles. The number of nitrogens with zero attached hydrogens (tertiary/aromatic N) is 2. The SMILES string of the molecule is Cc1nc2ccc(CCC(=O)NN(C)C)cc2[nH]1. The highest BCUT2D eigenvalue weighted by atomic mass is 16.2. The van der Waals surface area contributed by atoms with Crippen LogP contribution in [0.4, 0.5) is 0 Å². The van der Waals surface area contributed by atoms with E-state index in [2.05, 4.69) is 21.5 Å². The number of nitrogens with one attached hydrogen (secondary N) is 2. The molecular weight excluding hydrogens is 228 g/mol. The molecule has 5 heteroatoms. The van der Waals surface area contributed by atoms with Crippen molar-refractivity contribution in [2.45, 2.75) is 19.8 Å². The smallest absolute Gasteiger partial charge is 0.234 e. The van der Waals surface area contributed by atoms with Gasteiger partial charge in [-0.25, -0.2) is 9.99 Å². The molecule has 0 radical (unpaired) electrons. The lowest BCUT2D eigenvalue weighted by Crippen LogP contribution is -2.36. The molecule has 0 bridgehead atoms. The molecular formula is C13H18N4O. The van der Waals surface area contributed by atoms with Crippen LogP contribution >= 0.6 is 0 Å². The van der Waals surface area contributed by atoms with Crippen LogP contribution in [0.5, 0.6) is 0 Å². The number of amides is 1. The average Bonchev–Trinajstić information content (AvgIpc) is 2.64. The first-order chi connectivity index (χ1) is 8.54. The minimum atomic E-state index is 0.0286. The Morgan fingerprint density at radius 3 is 2.94 bits per heavy atom. The zero-order valence-corrected chi connectivity index (χ0v) is 10.9. The maximum absolute atomic E-state index is 11.5. The number of carbonyl (C=O) groups is 1. The van der Waals surface area contributed by atoms with Crippen molar-refractivity contribution in [1.82, 2.24) is 20.4 Å². The molecule has 18 heavy (non-hydrogen) atoms. The van der Waals surface area contributed by atoms with Crippen LogP contribution in [-0.4, -0.2) is 35.0 Å². The van der Waals surface area contributed by atoms with Gasteiger partial charge in [-0.05, 0) is 31.0 Å². The molecule has 1 aromatic heterocycles. The second-order valence-corrected chi connectivity index (χ2v) is 4.60. The summed E-state index contributed by atoms with van der Waals surface area (Å²) < 4.78 is 0. The molecule has 0 unspecified atom stereocenters. The van der Waals surface area contributed by atoms with Gasteiger partial charge in [0.1, 0.15) is 5.82 Å². The molecule has 1 heterocycles. The Labute approximate surface area is 106 Å². The van der Waals surface area contributed by atoms with Crippen LogP contribution < -0.4 is 5.43 Å². The van der Waals surface area contributed by atoms with Gasteiger partial charge in [0.05, 0.1) is 11.0 Å². The zero-order chi connectivity index (χ0) is 13.1. The second-order valence-electron chi connectivity index (χ2n) is 4.60. The van der Waals surface area contributed by atoms with E-state index in [0.717, 1.165) is 28.8 Å². The van der Waals surface area contributed by atoms with Gasteiger partial charge >= 0.3 is 0 Å². The van der Waals surface area contributed by atoms with Crippen LogP contribution in [0.25, 0.3) is 11.0 Å². The first kappa shape index (κ1) is 12.6. The van der Waals surface area contributed by atoms with E-state index >= 15 is 0 Å². The van der Waals surface area contributed by atoms with Crippen LogP contribution in [0.3, 0.4) is 0 Å². The lowest BCUT2D eigenvalue weighted by atomic mass is 10.1. The summed E-state index contributed by atoms with van der Waals surface area (Å²) in [5.74, 6) is 0.938. The summed E-state index contributed by atoms with van der Waals surface area (Å²) in [6.07, 6.45) is 1.21. The van der Waals surface area contributed by atoms with Crippen LogP contribution in [0, 0.1) is 6.92 Å². The molecule has 1 aromatic carbocycles. The number of carbonyl (C=O) groups excluding carboxylic acids is 1. The predicted molar refractivity (Wildman–Crippen MR) is 71.0 cm³/mol. The third-order valence-corrected chi connectivity index (χ3v) is 2.65. The fourth-order valence-electron chi connectivity index (χ4n) is 1.90. The van der Waals surface area contributed by atoms with Gasteiger partial charge < -0.3 is 4.98 Å². The van der Waals surface area contributed by atoms with Crippen molar-refractivity contribution in [3.05, 3.63) is 29.6 Å². The van der Waals surface area contributed by atoms with Gasteiger partial charge in [0.15, 0.2) is 0 Å². The zero-order valence-electron chi connectivity index (χ0n) is 10.9. The summed E-state index contributed by atoms with van der Waals surface area (Å²) in [4.78, 5) is 19.1. The Balaban J connectivity index is 2.01. The van der Waals surface area contributed by atoms with Crippen molar-refractivity contribution in [2.24, 2.45) is 0 Å². The molecule has 0 saturated heterocycles. The van der Waals surface area contributed by atoms with Gasteiger partial charge in [-0.2, -0.15) is 0 Å². The minimum absolute atomic E-state index is 0.0286. The molecule has 1 amide bonds. The summed E-state index contributed by atoms with van der Waals surface area (Å²) in [6, 6.07) is 6.06. The van der Waals surface area contributed by atoms with Crippen LogP contribution in [0.15, 0.2) is 18.2 Å². The first-order valence-electron chi connectivity index (χ1n) is 5.96. The van der Waals surface area contributed by atoms with Gasteiger partial charge in [0.25, 0.3) is 0 Å². The Bertz CT molecular complexity index is 559. The molecule has 0 aliphatic heterocycles. The number of rotatable bonds is 4. The Hall–Kier alpha value is -1.88. The molecule has 0 atom stereocenters. The third-order valence-electron chi connectivity index (χ3n) is 2.65. The van der Waals surface area contributed by atoms with Gasteiger partial charge in [-0.15, -0.1) is 0 Å². The van der Waals surface area contributed by atoms with Crippen LogP contribution in [-0.2, 0) is 11.2 Å². The average molecular weight is 246 g/mol. The molecule has 2 rings (SSSR count). The van der Waals surface area contributed by atoms with E-state index in [0.29, 0.717) is 6.42 Å². The highest BCUT2D eigenvalue weighted by Crippen LogP contribution is 2.14. The molecule has 0 fully saturated rings. The maximum atomic E-state index is 11.5. The Morgan fingerprint density at radius 1 is 1.44 bits per heavy atom. The number of hydrogen-bond acceptors (Lipinski definition) is 3. The van der Waals surface area contributed by atoms with E-state index in [9.17, 15) is 4.79 Å². The normalized spacial score (nSPS) is 11.1. The Morgan fingerprint density at radius 2 is 2.22 bits per heavy atom. The van der Waals surface area contributed by atoms with Crippen molar-refractivity contribution in [3.8, 4) is 0 Å². The van der Waals surface area contributed by atoms with E-state index < -0.39 is 0 Å². The lowest BCUT2D eigenvalue weighted by Gasteiger charge is -2.11. The first-order valence-corrected chi connectivity index (χ1v) is 5.96. The van der Waals surface area contributed by atoms with E-state index in [-0.39, 0.29) is 5.91 Å². The number of aromatic nitrogens is 2. The number of imidazole rings is 1. The largest absolute Gasteiger partial charge is 0.342 e. The minimum Gasteiger partial charge on any atom is -0.342 e. The number of hydrogen-bond donors (Lipinski definition) is 2. The van der Waals surface area contributed by atoms with Crippen LogP contribution in [0.2, 0.25) is 0 Å². The summed E-state index contributed by atoms with van der Waals surface area (Å²) in [7, 11) is 3.61. The van der Waals surface area contributed by atoms with Crippen molar-refractivity contribution >= 4 is 16.9 Å². The molecule has 0 aliphatic carbocycles. The number of benzene rings is 1. The van der Waals surface area contributed by atoms with E-state index in [4.69, 9.17) is 0 Å². The highest BCUT2D eigenvalue weighted by Gasteiger charge is 2.05. The molecule has 0 aliphatic rings. The Kier molecular flexibility index (Phi) is 3.62. The maximum Gasteiger partial charge on any atom is 0.234 e. The topological polar surface area (TPSA) is 61.0 Å². The van der Waals surface area contributed by atoms with Gasteiger partial charge in [-0.1, -0.05) is 6.07 Å². The summed E-state index contributed by atoms with van der Waals surface area (Å²) in [5.41, 5.74) is 5.86. The standard InChI is InChI=1S/C13H18N4O/c1-9-14-11-6-4-10(8-12(11)15-9)5-7-13(18)16-17(2)3/h4,6,8H,5,7H2,1-3H3,(H,14,15)(H,16,18). The number of H-pyrrole nitrogens is 1. The van der Waals surface area contributed by atoms with Crippen molar-refractivity contribution in [3.63, 3.8) is 0 Å². The number of hydrazine groups is 1. The van der Waals surface area contributed by atoms with E-state index in [1.54, 1.807) is 19.1 Å². The lowest BCUT2D eigenvalue weighted by molar-refractivity contribution is -0.124. The van der Waals surface area contributed by atoms with E-state index in [1.165, 1.54) is 0 Å². The summed E-state index contributed by atoms with van der Waals surface area (Å²) >= 11 is 0. The molecule has 2 N–H and O–H groups in total. The second kappa shape index (κ2) is 5.18. The third kappa shape index (κ3) is 3.07. The van der Waals surface area contributed by atoms with Crippen molar-refractivity contribution in [1.29, 1.82) is 0 Å². The monoisotopic (exact) mass is 246 g/mol. The van der Waals surface area contributed by atoms with Crippen molar-refractivity contribution < 1.29 is 4.79 Å². The number of aryl methyl sites for hydroxylation is 2. The fourth-order valence-corrected chi connectivity index (χ4v) is 1.90. The number of aromatic amines is 1. The quantitative estimate of drug-likeness (QED) is 0.802. The predicted octanol–water partition coefficient (Wildman–Crippen LogP) is 1.40. The molecule has 2 aromatic rings. The van der Waals surface area contributed by atoms with Crippen LogP contribution in [0.1, 0.15) is 17.8 Å². The molecule has 5 nitrogen and oxygen atoms in total. The van der Waals surface area contributed by atoms with Gasteiger partial charge in [-0.3, -0.25) is 10.2 Å². The van der Waals surface area contributed by atoms with Gasteiger partial charge in [0.2, 0.25) is 5.91 Å². The fraction of sp³-hybridized carbons (Fsp3) is 0.385. The van der Waals surface area contributed by atoms with Crippen molar-refractivity contribution in [2.75, 3.05) is 14.1 Å². The van der Waals surface area contributed by atoms with E-state index in [1.807, 2.05) is 19.1 Å². The highest BCUT2D eigenvalue weighted by molar-refractivity contribution is 5.77. The summed E-state index contributed by atoms with van der Waals surface area (Å²) in [5, 5.41) is 1.66. The summed E-state index contributed by atoms with van der Waals surface area (Å²) in [6.45, 7) is 1.93. The molecule has 96 valence electrons.